The molecule has 3 heterocycles. The molecule has 2 aliphatic rings. The van der Waals surface area contributed by atoms with Crippen molar-refractivity contribution in [1.82, 2.24) is 9.88 Å². The molecule has 2 saturated heterocycles. The number of aromatic nitrogens is 1. The second-order valence-corrected chi connectivity index (χ2v) is 11.0. The van der Waals surface area contributed by atoms with Crippen LogP contribution in [0.5, 0.6) is 0 Å². The van der Waals surface area contributed by atoms with E-state index in [1.54, 1.807) is 0 Å². The van der Waals surface area contributed by atoms with Crippen LogP contribution in [-0.4, -0.2) is 46.3 Å². The number of thioether (sulfide) groups is 2. The lowest BCUT2D eigenvalue weighted by molar-refractivity contribution is -0.121. The second kappa shape index (κ2) is 9.53. The molecule has 2 amide bonds. The van der Waals surface area contributed by atoms with Crippen molar-refractivity contribution in [1.29, 1.82) is 0 Å². The highest BCUT2D eigenvalue weighted by Gasteiger charge is 2.28. The summed E-state index contributed by atoms with van der Waals surface area (Å²) in [4.78, 5) is 31.5. The molecule has 0 atom stereocenters. The Balaban J connectivity index is 1.30. The summed E-state index contributed by atoms with van der Waals surface area (Å²) in [7, 11) is 0. The molecule has 4 rings (SSSR count). The van der Waals surface area contributed by atoms with Gasteiger partial charge in [0.15, 0.2) is 5.13 Å². The van der Waals surface area contributed by atoms with Gasteiger partial charge in [0.05, 0.1) is 10.3 Å². The van der Waals surface area contributed by atoms with E-state index in [0.29, 0.717) is 35.6 Å². The van der Waals surface area contributed by atoms with E-state index in [2.05, 4.69) is 22.4 Å². The Bertz CT molecular complexity index is 854. The number of hydrogen-bond acceptors (Lipinski definition) is 6. The average molecular weight is 448 g/mol. The van der Waals surface area contributed by atoms with E-state index < -0.39 is 0 Å². The summed E-state index contributed by atoms with van der Waals surface area (Å²) in [6, 6.07) is 8.10. The molecule has 8 heteroatoms. The number of piperidine rings is 1. The van der Waals surface area contributed by atoms with Gasteiger partial charge in [0.2, 0.25) is 5.91 Å². The predicted octanol–water partition coefficient (Wildman–Crippen LogP) is 4.81. The van der Waals surface area contributed by atoms with Gasteiger partial charge in [-0.1, -0.05) is 12.1 Å². The largest absolute Gasteiger partial charge is 0.339 e. The lowest BCUT2D eigenvalue weighted by Crippen LogP contribution is -2.41. The number of benzene rings is 1. The second-order valence-electron chi connectivity index (χ2n) is 7.40. The van der Waals surface area contributed by atoms with Gasteiger partial charge >= 0.3 is 0 Å². The number of carbonyl (C=O) groups excluding carboxylic acids is 2. The zero-order valence-corrected chi connectivity index (χ0v) is 18.9. The van der Waals surface area contributed by atoms with Crippen LogP contribution in [-0.2, 0) is 4.79 Å². The average Bonchev–Trinajstić information content (AvgIpc) is 3.18. The third kappa shape index (κ3) is 5.16. The predicted molar refractivity (Wildman–Crippen MR) is 123 cm³/mol. The minimum Gasteiger partial charge on any atom is -0.339 e. The summed E-state index contributed by atoms with van der Waals surface area (Å²) < 4.78 is 0.490. The monoisotopic (exact) mass is 447 g/mol. The van der Waals surface area contributed by atoms with E-state index in [-0.39, 0.29) is 17.7 Å². The molecule has 0 saturated carbocycles. The molecule has 2 aliphatic heterocycles. The zero-order valence-electron chi connectivity index (χ0n) is 16.4. The van der Waals surface area contributed by atoms with Crippen molar-refractivity contribution in [2.24, 2.45) is 5.92 Å². The van der Waals surface area contributed by atoms with Crippen molar-refractivity contribution in [2.75, 3.05) is 29.9 Å². The Morgan fingerprint density at radius 3 is 2.41 bits per heavy atom. The van der Waals surface area contributed by atoms with Gasteiger partial charge in [0, 0.05) is 30.0 Å². The molecule has 2 fully saturated rings. The minimum absolute atomic E-state index is 0.0123. The van der Waals surface area contributed by atoms with E-state index in [4.69, 9.17) is 0 Å². The fourth-order valence-electron chi connectivity index (χ4n) is 3.61. The maximum atomic E-state index is 12.9. The Labute approximate surface area is 184 Å². The number of nitrogens with one attached hydrogen (secondary N) is 1. The number of anilines is 1. The first-order valence-corrected chi connectivity index (χ1v) is 12.9. The fraction of sp³-hybridized carbons (Fsp3) is 0.476. The third-order valence-corrected chi connectivity index (χ3v) is 9.15. The van der Waals surface area contributed by atoms with Crippen LogP contribution < -0.4 is 5.32 Å². The topological polar surface area (TPSA) is 62.3 Å². The lowest BCUT2D eigenvalue weighted by Gasteiger charge is -2.31. The van der Waals surface area contributed by atoms with Crippen LogP contribution in [0.2, 0.25) is 0 Å². The SMILES string of the molecule is Cc1csc(NC(=O)C2CCN(C(=O)c3ccc(C4SCCCS4)cc3)CC2)n1. The van der Waals surface area contributed by atoms with Crippen LogP contribution in [0.25, 0.3) is 0 Å². The normalized spacial score (nSPS) is 18.6. The number of aryl methyl sites for hydroxylation is 1. The molecule has 1 aromatic heterocycles. The van der Waals surface area contributed by atoms with Gasteiger partial charge in [-0.25, -0.2) is 4.98 Å². The molecule has 0 bridgehead atoms. The number of hydrogen-bond donors (Lipinski definition) is 1. The first kappa shape index (κ1) is 20.8. The Hall–Kier alpha value is -1.51. The molecule has 29 heavy (non-hydrogen) atoms. The highest BCUT2D eigenvalue weighted by Crippen LogP contribution is 2.43. The van der Waals surface area contributed by atoms with E-state index in [0.717, 1.165) is 11.3 Å². The van der Waals surface area contributed by atoms with E-state index in [1.165, 1.54) is 34.8 Å². The summed E-state index contributed by atoms with van der Waals surface area (Å²) in [5, 5.41) is 5.48. The molecule has 0 unspecified atom stereocenters. The minimum atomic E-state index is -0.0639. The van der Waals surface area contributed by atoms with Crippen LogP contribution in [0, 0.1) is 12.8 Å². The van der Waals surface area contributed by atoms with Gasteiger partial charge in [0.1, 0.15) is 0 Å². The van der Waals surface area contributed by atoms with Gasteiger partial charge in [-0.3, -0.25) is 9.59 Å². The van der Waals surface area contributed by atoms with Gasteiger partial charge < -0.3 is 10.2 Å². The molecule has 154 valence electrons. The van der Waals surface area contributed by atoms with Crippen LogP contribution in [0.1, 0.15) is 45.5 Å². The smallest absolute Gasteiger partial charge is 0.253 e. The van der Waals surface area contributed by atoms with Crippen LogP contribution in [0.15, 0.2) is 29.6 Å². The Morgan fingerprint density at radius 1 is 1.10 bits per heavy atom. The number of rotatable bonds is 4. The highest BCUT2D eigenvalue weighted by atomic mass is 32.2. The number of nitrogens with zero attached hydrogens (tertiary/aromatic N) is 2. The van der Waals surface area contributed by atoms with Gasteiger partial charge in [0.25, 0.3) is 5.91 Å². The molecule has 1 aromatic carbocycles. The molecule has 2 aromatic rings. The van der Waals surface area contributed by atoms with E-state index in [1.807, 2.05) is 52.9 Å². The van der Waals surface area contributed by atoms with E-state index >= 15 is 0 Å². The Kier molecular flexibility index (Phi) is 6.82. The molecule has 1 N–H and O–H groups in total. The number of thiazole rings is 1. The van der Waals surface area contributed by atoms with Crippen molar-refractivity contribution in [2.45, 2.75) is 30.8 Å². The number of likely N-dealkylation sites (tertiary alicyclic amines) is 1. The van der Waals surface area contributed by atoms with Crippen LogP contribution in [0.3, 0.4) is 0 Å². The number of carbonyl (C=O) groups is 2. The standard InChI is InChI=1S/C21H25N3O2S3/c1-14-13-29-21(22-14)23-18(25)15-7-9-24(10-8-15)19(26)16-3-5-17(6-4-16)20-27-11-2-12-28-20/h3-6,13,15,20H,2,7-12H2,1H3,(H,22,23,25). The molecule has 5 nitrogen and oxygen atoms in total. The maximum absolute atomic E-state index is 12.9. The maximum Gasteiger partial charge on any atom is 0.253 e. The van der Waals surface area contributed by atoms with Crippen molar-refractivity contribution >= 4 is 51.8 Å². The van der Waals surface area contributed by atoms with Gasteiger partial charge in [-0.05, 0) is 55.4 Å². The van der Waals surface area contributed by atoms with Gasteiger partial charge in [-0.15, -0.1) is 34.9 Å². The van der Waals surface area contributed by atoms with Crippen LogP contribution >= 0.6 is 34.9 Å². The van der Waals surface area contributed by atoms with Crippen molar-refractivity contribution in [3.8, 4) is 0 Å². The summed E-state index contributed by atoms with van der Waals surface area (Å²) >= 11 is 5.42. The third-order valence-electron chi connectivity index (χ3n) is 5.26. The van der Waals surface area contributed by atoms with Crippen molar-refractivity contribution < 1.29 is 9.59 Å². The van der Waals surface area contributed by atoms with Crippen LogP contribution in [0.4, 0.5) is 5.13 Å². The molecular formula is C21H25N3O2S3. The molecule has 0 radical (unpaired) electrons. The van der Waals surface area contributed by atoms with Crippen molar-refractivity contribution in [3.05, 3.63) is 46.5 Å². The lowest BCUT2D eigenvalue weighted by atomic mass is 9.95. The first-order chi connectivity index (χ1) is 14.1. The van der Waals surface area contributed by atoms with Crippen molar-refractivity contribution in [3.63, 3.8) is 0 Å². The summed E-state index contributed by atoms with van der Waals surface area (Å²) in [6.45, 7) is 3.14. The number of amides is 2. The molecule has 0 aliphatic carbocycles. The van der Waals surface area contributed by atoms with E-state index in [9.17, 15) is 9.59 Å². The summed E-state index contributed by atoms with van der Waals surface area (Å²) in [5.74, 6) is 2.44. The molecular weight excluding hydrogens is 422 g/mol. The van der Waals surface area contributed by atoms with Gasteiger partial charge in [-0.2, -0.15) is 0 Å². The molecule has 0 spiro atoms. The Morgan fingerprint density at radius 2 is 1.79 bits per heavy atom. The zero-order chi connectivity index (χ0) is 20.2. The summed E-state index contributed by atoms with van der Waals surface area (Å²) in [6.07, 6.45) is 2.66. The first-order valence-electron chi connectivity index (χ1n) is 9.95. The fourth-order valence-corrected chi connectivity index (χ4v) is 7.19. The summed E-state index contributed by atoms with van der Waals surface area (Å²) in [5.41, 5.74) is 2.95. The quantitative estimate of drug-likeness (QED) is 0.729. The highest BCUT2D eigenvalue weighted by molar-refractivity contribution is 8.16.